The normalized spacial score (nSPS) is 13.2. The fourth-order valence-electron chi connectivity index (χ4n) is 14.7. The van der Waals surface area contributed by atoms with E-state index >= 15 is 28.8 Å². The Kier molecular flexibility index (Phi) is 21.5. The molecule has 20 heteroatoms. The van der Waals surface area contributed by atoms with Crippen LogP contribution in [0.2, 0.25) is 0 Å². The Morgan fingerprint density at radius 2 is 0.673 bits per heavy atom. The molecule has 0 fully saturated rings. The number of hydrogen-bond donors (Lipinski definition) is 0. The van der Waals surface area contributed by atoms with Crippen molar-refractivity contribution < 1.29 is 66.8 Å². The van der Waals surface area contributed by atoms with Crippen LogP contribution < -0.4 is 38.2 Å². The maximum absolute atomic E-state index is 16.7. The van der Waals surface area contributed by atoms with Gasteiger partial charge in [-0.15, -0.1) is 0 Å². The van der Waals surface area contributed by atoms with Crippen LogP contribution >= 0.6 is 0 Å². The van der Waals surface area contributed by atoms with Crippen LogP contribution in [0.3, 0.4) is 0 Å². The summed E-state index contributed by atoms with van der Waals surface area (Å²) in [7, 11) is 0. The molecule has 11 aromatic rings. The number of amides is 6. The molecular formula is C90H86N6O14. The van der Waals surface area contributed by atoms with Gasteiger partial charge in [0.1, 0.15) is 58.1 Å². The number of benzene rings is 9. The number of carbonyl (C=O) groups is 8. The topological polar surface area (TPSA) is 231 Å². The van der Waals surface area contributed by atoms with Crippen molar-refractivity contribution in [2.45, 2.75) is 134 Å². The van der Waals surface area contributed by atoms with Crippen LogP contribution in [0, 0.1) is 11.8 Å². The number of hydrogen-bond acceptors (Lipinski definition) is 16. The molecule has 0 saturated heterocycles. The van der Waals surface area contributed by atoms with E-state index in [0.29, 0.717) is 61.5 Å². The molecule has 20 nitrogen and oxygen atoms in total. The number of anilines is 2. The summed E-state index contributed by atoms with van der Waals surface area (Å²) in [5.41, 5.74) is 4.37. The molecule has 0 saturated carbocycles. The van der Waals surface area contributed by atoms with E-state index in [2.05, 4.69) is 23.1 Å². The summed E-state index contributed by atoms with van der Waals surface area (Å²) in [5.74, 6) is -5.98. The molecule has 2 aromatic heterocycles. The molecule has 560 valence electrons. The highest BCUT2D eigenvalue weighted by molar-refractivity contribution is 6.45. The van der Waals surface area contributed by atoms with E-state index in [0.717, 1.165) is 32.1 Å². The molecule has 110 heavy (non-hydrogen) atoms. The van der Waals surface area contributed by atoms with Gasteiger partial charge in [-0.2, -0.15) is 0 Å². The van der Waals surface area contributed by atoms with Gasteiger partial charge >= 0.3 is 11.9 Å². The molecule has 2 atom stereocenters. The van der Waals surface area contributed by atoms with Gasteiger partial charge in [0.25, 0.3) is 35.4 Å². The van der Waals surface area contributed by atoms with E-state index in [1.807, 2.05) is 114 Å². The number of fused-ring (bicyclic) bond motifs is 2. The predicted molar refractivity (Wildman–Crippen MR) is 424 cm³/mol. The minimum atomic E-state index is -1.48. The Hall–Kier alpha value is -12.6. The second-order valence-corrected chi connectivity index (χ2v) is 28.5. The summed E-state index contributed by atoms with van der Waals surface area (Å²) in [6.45, 7) is 29.5. The largest absolute Gasteiger partial charge is 0.457 e. The van der Waals surface area contributed by atoms with Crippen LogP contribution in [0.15, 0.2) is 182 Å². The molecule has 0 bridgehead atoms. The van der Waals surface area contributed by atoms with Crippen LogP contribution in [0.4, 0.5) is 11.4 Å². The van der Waals surface area contributed by atoms with Gasteiger partial charge in [-0.1, -0.05) is 131 Å². The van der Waals surface area contributed by atoms with Gasteiger partial charge in [-0.25, -0.2) is 19.6 Å². The van der Waals surface area contributed by atoms with Crippen LogP contribution in [0.25, 0.3) is 43.1 Å². The lowest BCUT2D eigenvalue weighted by Gasteiger charge is -2.39. The Labute approximate surface area is 638 Å². The van der Waals surface area contributed by atoms with Gasteiger partial charge in [0.15, 0.2) is 0 Å². The first-order valence-electron chi connectivity index (χ1n) is 37.4. The SMILES string of the molecule is C=C(C)C(=O)Oc1cc(N(CCC)C(=O)C(C(C)C)N2C(=O)c3cc(Oc4cccc(CC)c4)c4c5c(Oc6cccc(CC)c6)cc6c7c(cc(Oc8cccc(CC)c8)c(c8c(Oc9cccc(CC)c9)cc(c3c48)C2=O)c75)C(=O)N(C(C(=O)N(CCC)c2ccnc(OC(=O)C(=C)C)c2)C(C)C)C6=O)ccn1. The smallest absolute Gasteiger partial charge is 0.339 e. The number of aryl methyl sites for hydroxylation is 4. The number of carbonyl (C=O) groups excluding carboxylic acids is 8. The Morgan fingerprint density at radius 1 is 0.391 bits per heavy atom. The van der Waals surface area contributed by atoms with E-state index in [-0.39, 0.29) is 136 Å². The first-order chi connectivity index (χ1) is 52.9. The third-order valence-electron chi connectivity index (χ3n) is 20.0. The zero-order chi connectivity index (χ0) is 78.3. The van der Waals surface area contributed by atoms with E-state index in [1.165, 1.54) is 48.2 Å². The van der Waals surface area contributed by atoms with Crippen molar-refractivity contribution in [3.05, 3.63) is 227 Å². The lowest BCUT2D eigenvalue weighted by atomic mass is 9.80. The van der Waals surface area contributed by atoms with Crippen molar-refractivity contribution in [2.24, 2.45) is 11.8 Å². The number of esters is 2. The molecule has 6 amide bonds. The van der Waals surface area contributed by atoms with Crippen molar-refractivity contribution in [3.63, 3.8) is 0 Å². The lowest BCUT2D eigenvalue weighted by molar-refractivity contribution is -0.131. The monoisotopic (exact) mass is 1470 g/mol. The van der Waals surface area contributed by atoms with E-state index in [9.17, 15) is 9.59 Å². The molecule has 0 aliphatic carbocycles. The van der Waals surface area contributed by atoms with Crippen LogP contribution in [-0.2, 0) is 44.9 Å². The van der Waals surface area contributed by atoms with Gasteiger partial charge in [0, 0.05) is 91.9 Å². The van der Waals surface area contributed by atoms with Crippen molar-refractivity contribution in [2.75, 3.05) is 22.9 Å². The van der Waals surface area contributed by atoms with Gasteiger partial charge < -0.3 is 38.2 Å². The van der Waals surface area contributed by atoms with Gasteiger partial charge in [-0.3, -0.25) is 38.6 Å². The van der Waals surface area contributed by atoms with Crippen molar-refractivity contribution >= 4 is 102 Å². The molecule has 4 heterocycles. The summed E-state index contributed by atoms with van der Waals surface area (Å²) in [4.78, 5) is 138. The zero-order valence-electron chi connectivity index (χ0n) is 63.8. The number of rotatable bonds is 28. The molecule has 0 radical (unpaired) electrons. The Balaban J connectivity index is 1.16. The van der Waals surface area contributed by atoms with Gasteiger partial charge in [0.05, 0.1) is 33.6 Å². The third-order valence-corrected chi connectivity index (χ3v) is 20.0. The highest BCUT2D eigenvalue weighted by Crippen LogP contribution is 2.58. The number of pyridine rings is 2. The average molecular weight is 1480 g/mol. The van der Waals surface area contributed by atoms with Gasteiger partial charge in [-0.05, 0) is 171 Å². The van der Waals surface area contributed by atoms with Crippen LogP contribution in [0.1, 0.15) is 160 Å². The second-order valence-electron chi connectivity index (χ2n) is 28.5. The number of nitrogens with zero attached hydrogens (tertiary/aromatic N) is 6. The van der Waals surface area contributed by atoms with E-state index in [1.54, 1.807) is 88.4 Å². The minimum absolute atomic E-state index is 0.0252. The highest BCUT2D eigenvalue weighted by Gasteiger charge is 2.49. The molecule has 0 spiro atoms. The third kappa shape index (κ3) is 14.1. The van der Waals surface area contributed by atoms with E-state index < -0.39 is 71.3 Å². The fourth-order valence-corrected chi connectivity index (χ4v) is 14.7. The van der Waals surface area contributed by atoms with Crippen molar-refractivity contribution in [3.8, 4) is 57.8 Å². The first-order valence-corrected chi connectivity index (χ1v) is 37.4. The summed E-state index contributed by atoms with van der Waals surface area (Å²) in [6.07, 6.45) is 6.12. The molecule has 9 aromatic carbocycles. The fraction of sp³-hybridized carbons (Fsp3) is 0.267. The van der Waals surface area contributed by atoms with Crippen molar-refractivity contribution in [1.29, 1.82) is 0 Å². The summed E-state index contributed by atoms with van der Waals surface area (Å²) in [6, 6.07) is 39.4. The molecule has 13 rings (SSSR count). The van der Waals surface area contributed by atoms with Crippen LogP contribution in [0.5, 0.6) is 57.8 Å². The standard InChI is InChI=1S/C90H86N6O14/c1-15-37-93(57-33-35-91-71(43-57)109-89(103)51(11)12)87(101)81(49(7)8)95-83(97)63-45-67(105-59-29-21-25-53(17-3)39-59)75-77-69(107-61-31-23-27-55(19-5)41-61)47-65-74-66(86(100)96(85(65)99)82(50(9)10)88(102)94(38-16-2)58-34-36-92-72(44-58)110-90(104)52(13)14)48-70(108-62-32-24-28-56(20-6)42-62)78(80(74)77)76-68(46-64(84(95)98)73(63)79(75)76)106-60-30-22-26-54(18-4)40-60/h21-36,39-50,81-82H,11,13,15-20,37-38H2,1-10,12,14H3. The average Bonchev–Trinajstić information content (AvgIpc) is 0.670. The number of imide groups is 2. The van der Waals surface area contributed by atoms with Crippen molar-refractivity contribution in [1.82, 2.24) is 19.8 Å². The first kappa shape index (κ1) is 75.6. The van der Waals surface area contributed by atoms with Gasteiger partial charge in [0.2, 0.25) is 11.8 Å². The zero-order valence-corrected chi connectivity index (χ0v) is 63.8. The predicted octanol–water partition coefficient (Wildman–Crippen LogP) is 19.0. The summed E-state index contributed by atoms with van der Waals surface area (Å²) < 4.78 is 40.5. The van der Waals surface area contributed by atoms with E-state index in [4.69, 9.17) is 28.4 Å². The maximum Gasteiger partial charge on any atom is 0.339 e. The highest BCUT2D eigenvalue weighted by atomic mass is 16.5. The summed E-state index contributed by atoms with van der Waals surface area (Å²) in [5, 5.41) is 1.91. The Bertz CT molecular complexity index is 5050. The molecule has 2 aliphatic heterocycles. The Morgan fingerprint density at radius 3 is 0.918 bits per heavy atom. The number of aromatic nitrogens is 2. The second kappa shape index (κ2) is 31.3. The quantitative estimate of drug-likeness (QED) is 0.0146. The lowest BCUT2D eigenvalue weighted by Crippen LogP contribution is -2.57. The minimum Gasteiger partial charge on any atom is -0.457 e. The molecular weight excluding hydrogens is 1390 g/mol. The molecule has 0 N–H and O–H groups in total. The molecule has 2 unspecified atom stereocenters. The molecule has 2 aliphatic rings. The number of ether oxygens (including phenoxy) is 6. The van der Waals surface area contributed by atoms with Crippen LogP contribution in [-0.4, -0.2) is 92.3 Å². The summed E-state index contributed by atoms with van der Waals surface area (Å²) >= 11 is 0. The maximum atomic E-state index is 16.7.